The van der Waals surface area contributed by atoms with Crippen LogP contribution in [0.1, 0.15) is 39.4 Å². The zero-order chi connectivity index (χ0) is 15.7. The maximum atomic E-state index is 11.1. The Balaban J connectivity index is 2.33. The summed E-state index contributed by atoms with van der Waals surface area (Å²) in [5.41, 5.74) is 3.95. The van der Waals surface area contributed by atoms with E-state index in [1.807, 2.05) is 13.0 Å². The van der Waals surface area contributed by atoms with Crippen LogP contribution in [0.25, 0.3) is 0 Å². The number of nitro benzene ring substituents is 1. The van der Waals surface area contributed by atoms with E-state index < -0.39 is 0 Å². The monoisotopic (exact) mass is 304 g/mol. The number of nitrogens with one attached hydrogen (secondary N) is 1. The lowest BCUT2D eigenvalue weighted by atomic mass is 10.1. The molecule has 2 aromatic rings. The summed E-state index contributed by atoms with van der Waals surface area (Å²) in [6.07, 6.45) is 0. The zero-order valence-corrected chi connectivity index (χ0v) is 13.8. The molecule has 1 N–H and O–H groups in total. The third-order valence-corrected chi connectivity index (χ3v) is 4.64. The van der Waals surface area contributed by atoms with Crippen molar-refractivity contribution in [3.8, 4) is 0 Å². The Hall–Kier alpha value is -1.88. The van der Waals surface area contributed by atoms with Gasteiger partial charge in [-0.1, -0.05) is 0 Å². The van der Waals surface area contributed by atoms with Gasteiger partial charge in [0.1, 0.15) is 0 Å². The third-order valence-electron chi connectivity index (χ3n) is 3.66. The molecular weight excluding hydrogens is 284 g/mol. The van der Waals surface area contributed by atoms with E-state index in [0.29, 0.717) is 5.56 Å². The van der Waals surface area contributed by atoms with Gasteiger partial charge in [-0.25, -0.2) is 0 Å². The zero-order valence-electron chi connectivity index (χ0n) is 13.0. The van der Waals surface area contributed by atoms with Crippen molar-refractivity contribution in [2.75, 3.05) is 5.32 Å². The molecule has 21 heavy (non-hydrogen) atoms. The summed E-state index contributed by atoms with van der Waals surface area (Å²) in [6, 6.07) is 5.79. The van der Waals surface area contributed by atoms with E-state index in [0.717, 1.165) is 11.3 Å². The fraction of sp³-hybridized carbons (Fsp3) is 0.375. The Kier molecular flexibility index (Phi) is 4.32. The molecule has 0 aliphatic carbocycles. The van der Waals surface area contributed by atoms with Crippen molar-refractivity contribution >= 4 is 22.7 Å². The van der Waals surface area contributed by atoms with Crippen LogP contribution in [0.2, 0.25) is 0 Å². The number of hydrogen-bond acceptors (Lipinski definition) is 4. The number of hydrogen-bond donors (Lipinski definition) is 1. The minimum absolute atomic E-state index is 0.121. The van der Waals surface area contributed by atoms with Crippen molar-refractivity contribution in [2.24, 2.45) is 0 Å². The first-order valence-electron chi connectivity index (χ1n) is 6.88. The Labute approximate surface area is 129 Å². The summed E-state index contributed by atoms with van der Waals surface area (Å²) in [7, 11) is 0. The summed E-state index contributed by atoms with van der Waals surface area (Å²) in [6.45, 7) is 10.0. The lowest BCUT2D eigenvalue weighted by molar-refractivity contribution is -0.385. The van der Waals surface area contributed by atoms with Crippen LogP contribution >= 0.6 is 11.3 Å². The predicted molar refractivity (Wildman–Crippen MR) is 88.4 cm³/mol. The molecule has 1 aromatic heterocycles. The van der Waals surface area contributed by atoms with Gasteiger partial charge in [0, 0.05) is 33.1 Å². The van der Waals surface area contributed by atoms with Gasteiger partial charge in [-0.05, 0) is 57.9 Å². The maximum absolute atomic E-state index is 11.1. The second-order valence-corrected chi connectivity index (χ2v) is 6.91. The number of thiophene rings is 1. The second-order valence-electron chi connectivity index (χ2n) is 5.45. The molecule has 0 bridgehead atoms. The van der Waals surface area contributed by atoms with Gasteiger partial charge in [0.05, 0.1) is 4.92 Å². The molecule has 0 spiro atoms. The van der Waals surface area contributed by atoms with E-state index in [1.54, 1.807) is 24.3 Å². The Morgan fingerprint density at radius 2 is 1.81 bits per heavy atom. The van der Waals surface area contributed by atoms with Gasteiger partial charge in [-0.2, -0.15) is 0 Å². The van der Waals surface area contributed by atoms with Crippen LogP contribution in [0, 0.1) is 37.8 Å². The highest BCUT2D eigenvalue weighted by atomic mass is 32.1. The normalized spacial score (nSPS) is 12.2. The molecular formula is C16H20N2O2S. The van der Waals surface area contributed by atoms with E-state index in [9.17, 15) is 10.1 Å². The average Bonchev–Trinajstić information content (AvgIpc) is 2.71. The smallest absolute Gasteiger partial charge is 0.274 e. The maximum Gasteiger partial charge on any atom is 0.274 e. The molecule has 2 rings (SSSR count). The van der Waals surface area contributed by atoms with E-state index in [-0.39, 0.29) is 16.7 Å². The second kappa shape index (κ2) is 5.85. The molecule has 1 unspecified atom stereocenters. The van der Waals surface area contributed by atoms with Crippen molar-refractivity contribution < 1.29 is 4.92 Å². The van der Waals surface area contributed by atoms with Crippen molar-refractivity contribution in [1.29, 1.82) is 0 Å². The van der Waals surface area contributed by atoms with E-state index in [4.69, 9.17) is 0 Å². The molecule has 0 fully saturated rings. The van der Waals surface area contributed by atoms with Gasteiger partial charge in [0.2, 0.25) is 0 Å². The van der Waals surface area contributed by atoms with Crippen molar-refractivity contribution in [2.45, 2.75) is 40.7 Å². The fourth-order valence-corrected chi connectivity index (χ4v) is 3.61. The van der Waals surface area contributed by atoms with E-state index in [1.165, 1.54) is 15.3 Å². The summed E-state index contributed by atoms with van der Waals surface area (Å²) < 4.78 is 0. The minimum Gasteiger partial charge on any atom is -0.378 e. The topological polar surface area (TPSA) is 55.2 Å². The molecule has 1 heterocycles. The summed E-state index contributed by atoms with van der Waals surface area (Å²) in [5.74, 6) is 0. The Bertz CT molecular complexity index is 692. The minimum atomic E-state index is -0.329. The van der Waals surface area contributed by atoms with Gasteiger partial charge in [0.25, 0.3) is 5.69 Å². The van der Waals surface area contributed by atoms with Crippen LogP contribution in [-0.4, -0.2) is 4.92 Å². The first-order chi connectivity index (χ1) is 9.79. The largest absolute Gasteiger partial charge is 0.378 e. The summed E-state index contributed by atoms with van der Waals surface area (Å²) in [4.78, 5) is 13.3. The molecule has 0 saturated carbocycles. The number of nitrogens with zero attached hydrogens (tertiary/aromatic N) is 1. The molecule has 112 valence electrons. The van der Waals surface area contributed by atoms with Gasteiger partial charge >= 0.3 is 0 Å². The number of nitro groups is 1. The molecule has 1 aromatic carbocycles. The predicted octanol–water partition coefficient (Wildman–Crippen LogP) is 5.06. The SMILES string of the molecule is Cc1cc(C(C)Nc2cc([N+](=O)[O-])c(C)cc2C)c(C)s1. The Morgan fingerprint density at radius 3 is 2.33 bits per heavy atom. The van der Waals surface area contributed by atoms with Crippen molar-refractivity contribution in [1.82, 2.24) is 0 Å². The molecule has 0 saturated heterocycles. The van der Waals surface area contributed by atoms with Crippen LogP contribution in [-0.2, 0) is 0 Å². The summed E-state index contributed by atoms with van der Waals surface area (Å²) >= 11 is 1.77. The van der Waals surface area contributed by atoms with Gasteiger partial charge < -0.3 is 5.32 Å². The third kappa shape index (κ3) is 3.24. The van der Waals surface area contributed by atoms with E-state index >= 15 is 0 Å². The fourth-order valence-electron chi connectivity index (χ4n) is 2.58. The summed E-state index contributed by atoms with van der Waals surface area (Å²) in [5, 5.41) is 14.5. The van der Waals surface area contributed by atoms with Gasteiger partial charge in [-0.15, -0.1) is 11.3 Å². The van der Waals surface area contributed by atoms with Gasteiger partial charge in [0.15, 0.2) is 0 Å². The molecule has 0 amide bonds. The Morgan fingerprint density at radius 1 is 1.14 bits per heavy atom. The van der Waals surface area contributed by atoms with E-state index in [2.05, 4.69) is 32.2 Å². The molecule has 0 aliphatic rings. The van der Waals surface area contributed by atoms with Crippen LogP contribution in [0.4, 0.5) is 11.4 Å². The highest BCUT2D eigenvalue weighted by Crippen LogP contribution is 2.32. The number of benzene rings is 1. The van der Waals surface area contributed by atoms with Crippen molar-refractivity contribution in [3.05, 3.63) is 54.8 Å². The number of rotatable bonds is 4. The quantitative estimate of drug-likeness (QED) is 0.634. The lowest BCUT2D eigenvalue weighted by Gasteiger charge is -2.17. The average molecular weight is 304 g/mol. The van der Waals surface area contributed by atoms with Gasteiger partial charge in [-0.3, -0.25) is 10.1 Å². The highest BCUT2D eigenvalue weighted by Gasteiger charge is 2.16. The standard InChI is InChI=1S/C16H20N2O2S/c1-9-6-10(2)16(18(19)20)8-15(9)17-12(4)14-7-11(3)21-13(14)5/h6-8,12,17H,1-5H3. The van der Waals surface area contributed by atoms with Crippen LogP contribution in [0.15, 0.2) is 18.2 Å². The highest BCUT2D eigenvalue weighted by molar-refractivity contribution is 7.12. The van der Waals surface area contributed by atoms with Crippen LogP contribution in [0.3, 0.4) is 0 Å². The number of anilines is 1. The first-order valence-corrected chi connectivity index (χ1v) is 7.70. The molecule has 5 heteroatoms. The molecule has 4 nitrogen and oxygen atoms in total. The molecule has 0 radical (unpaired) electrons. The molecule has 1 atom stereocenters. The molecule has 0 aliphatic heterocycles. The lowest BCUT2D eigenvalue weighted by Crippen LogP contribution is -2.08. The van der Waals surface area contributed by atoms with Crippen molar-refractivity contribution in [3.63, 3.8) is 0 Å². The van der Waals surface area contributed by atoms with Crippen LogP contribution < -0.4 is 5.32 Å². The van der Waals surface area contributed by atoms with Crippen LogP contribution in [0.5, 0.6) is 0 Å². The first kappa shape index (κ1) is 15.5. The number of aryl methyl sites for hydroxylation is 4.